The highest BCUT2D eigenvalue weighted by Gasteiger charge is 2.02. The van der Waals surface area contributed by atoms with E-state index < -0.39 is 0 Å². The molecule has 0 amide bonds. The van der Waals surface area contributed by atoms with Crippen LogP contribution in [0.15, 0.2) is 12.1 Å². The number of rotatable bonds is 4. The first-order valence-electron chi connectivity index (χ1n) is 5.10. The molecule has 0 spiro atoms. The van der Waals surface area contributed by atoms with Crippen molar-refractivity contribution in [1.82, 2.24) is 0 Å². The Morgan fingerprint density at radius 3 is 2.27 bits per heavy atom. The average molecular weight is 222 g/mol. The summed E-state index contributed by atoms with van der Waals surface area (Å²) in [5, 5.41) is 3.37. The van der Waals surface area contributed by atoms with Gasteiger partial charge in [-0.05, 0) is 31.9 Å². The monoisotopic (exact) mass is 222 g/mol. The molecule has 0 heterocycles. The molecule has 2 nitrogen and oxygen atoms in total. The maximum Gasteiger partial charge on any atom is 0.0745 e. The SMILES string of the molecule is Cc1cc(C)c(NCCC(N)=S)c(C)c1. The lowest BCUT2D eigenvalue weighted by Gasteiger charge is -2.13. The van der Waals surface area contributed by atoms with Crippen LogP contribution in [0.1, 0.15) is 23.1 Å². The predicted octanol–water partition coefficient (Wildman–Crippen LogP) is 2.70. The van der Waals surface area contributed by atoms with Crippen molar-refractivity contribution in [1.29, 1.82) is 0 Å². The highest BCUT2D eigenvalue weighted by atomic mass is 32.1. The van der Waals surface area contributed by atoms with E-state index in [1.54, 1.807) is 0 Å². The lowest BCUT2D eigenvalue weighted by atomic mass is 10.1. The Balaban J connectivity index is 2.72. The molecule has 1 aromatic carbocycles. The fourth-order valence-electron chi connectivity index (χ4n) is 1.77. The van der Waals surface area contributed by atoms with Crippen LogP contribution < -0.4 is 11.1 Å². The molecule has 0 bridgehead atoms. The summed E-state index contributed by atoms with van der Waals surface area (Å²) in [5.74, 6) is 0. The van der Waals surface area contributed by atoms with Crippen molar-refractivity contribution in [3.05, 3.63) is 28.8 Å². The van der Waals surface area contributed by atoms with Gasteiger partial charge in [-0.15, -0.1) is 0 Å². The third kappa shape index (κ3) is 3.51. The number of hydrogen-bond donors (Lipinski definition) is 2. The van der Waals surface area contributed by atoms with E-state index in [9.17, 15) is 0 Å². The van der Waals surface area contributed by atoms with Gasteiger partial charge in [0.25, 0.3) is 0 Å². The summed E-state index contributed by atoms with van der Waals surface area (Å²) in [4.78, 5) is 0.560. The Morgan fingerprint density at radius 2 is 1.80 bits per heavy atom. The lowest BCUT2D eigenvalue weighted by molar-refractivity contribution is 1.10. The van der Waals surface area contributed by atoms with E-state index in [-0.39, 0.29) is 0 Å². The molecule has 0 aliphatic heterocycles. The second kappa shape index (κ2) is 5.12. The van der Waals surface area contributed by atoms with Gasteiger partial charge < -0.3 is 11.1 Å². The third-order valence-corrected chi connectivity index (χ3v) is 2.55. The van der Waals surface area contributed by atoms with Crippen LogP contribution in [-0.2, 0) is 0 Å². The molecule has 3 heteroatoms. The summed E-state index contributed by atoms with van der Waals surface area (Å²) in [6.45, 7) is 7.14. The van der Waals surface area contributed by atoms with E-state index in [4.69, 9.17) is 18.0 Å². The zero-order chi connectivity index (χ0) is 11.4. The molecule has 3 N–H and O–H groups in total. The van der Waals surface area contributed by atoms with Crippen molar-refractivity contribution in [3.63, 3.8) is 0 Å². The smallest absolute Gasteiger partial charge is 0.0745 e. The molecule has 15 heavy (non-hydrogen) atoms. The van der Waals surface area contributed by atoms with Crippen molar-refractivity contribution in [2.24, 2.45) is 5.73 Å². The number of benzene rings is 1. The maximum absolute atomic E-state index is 5.45. The van der Waals surface area contributed by atoms with Crippen molar-refractivity contribution in [2.75, 3.05) is 11.9 Å². The van der Waals surface area contributed by atoms with Gasteiger partial charge in [0.1, 0.15) is 0 Å². The number of aryl methyl sites for hydroxylation is 3. The fourth-order valence-corrected chi connectivity index (χ4v) is 1.87. The molecule has 0 saturated carbocycles. The van der Waals surface area contributed by atoms with E-state index in [0.717, 1.165) is 13.0 Å². The molecular formula is C12H18N2S. The third-order valence-electron chi connectivity index (χ3n) is 2.35. The van der Waals surface area contributed by atoms with Crippen LogP contribution in [-0.4, -0.2) is 11.5 Å². The van der Waals surface area contributed by atoms with Gasteiger partial charge in [-0.25, -0.2) is 0 Å². The molecule has 82 valence electrons. The van der Waals surface area contributed by atoms with E-state index in [1.807, 2.05) is 0 Å². The number of hydrogen-bond acceptors (Lipinski definition) is 2. The highest BCUT2D eigenvalue weighted by molar-refractivity contribution is 7.80. The fraction of sp³-hybridized carbons (Fsp3) is 0.417. The molecule has 1 rings (SSSR count). The van der Waals surface area contributed by atoms with Crippen molar-refractivity contribution < 1.29 is 0 Å². The second-order valence-corrected chi connectivity index (χ2v) is 4.44. The van der Waals surface area contributed by atoms with Crippen LogP contribution in [0, 0.1) is 20.8 Å². The Hall–Kier alpha value is -1.09. The average Bonchev–Trinajstić information content (AvgIpc) is 2.08. The number of nitrogens with one attached hydrogen (secondary N) is 1. The van der Waals surface area contributed by atoms with Crippen molar-refractivity contribution >= 4 is 22.9 Å². The Morgan fingerprint density at radius 1 is 1.27 bits per heavy atom. The first-order valence-corrected chi connectivity index (χ1v) is 5.51. The Bertz CT molecular complexity index is 349. The standard InChI is InChI=1S/C12H18N2S/c1-8-6-9(2)12(10(3)7-8)14-5-4-11(13)15/h6-7,14H,4-5H2,1-3H3,(H2,13,15). The molecule has 1 aromatic rings. The predicted molar refractivity (Wildman–Crippen MR) is 70.5 cm³/mol. The second-order valence-electron chi connectivity index (χ2n) is 3.92. The van der Waals surface area contributed by atoms with Gasteiger partial charge >= 0.3 is 0 Å². The van der Waals surface area contributed by atoms with Crippen LogP contribution in [0.25, 0.3) is 0 Å². The van der Waals surface area contributed by atoms with Gasteiger partial charge in [0.15, 0.2) is 0 Å². The molecule has 0 atom stereocenters. The number of thiocarbonyl (C=S) groups is 1. The van der Waals surface area contributed by atoms with Crippen LogP contribution in [0.3, 0.4) is 0 Å². The topological polar surface area (TPSA) is 38.0 Å². The minimum Gasteiger partial charge on any atom is -0.393 e. The molecule has 0 aliphatic carbocycles. The summed E-state index contributed by atoms with van der Waals surface area (Å²) in [6, 6.07) is 4.35. The largest absolute Gasteiger partial charge is 0.393 e. The van der Waals surface area contributed by atoms with Crippen LogP contribution >= 0.6 is 12.2 Å². The normalized spacial score (nSPS) is 10.1. The van der Waals surface area contributed by atoms with Crippen LogP contribution in [0.2, 0.25) is 0 Å². The van der Waals surface area contributed by atoms with Gasteiger partial charge in [0.2, 0.25) is 0 Å². The number of anilines is 1. The molecule has 0 aromatic heterocycles. The van der Waals surface area contributed by atoms with Crippen molar-refractivity contribution in [2.45, 2.75) is 27.2 Å². The highest BCUT2D eigenvalue weighted by Crippen LogP contribution is 2.21. The van der Waals surface area contributed by atoms with Crippen molar-refractivity contribution in [3.8, 4) is 0 Å². The molecular weight excluding hydrogens is 204 g/mol. The quantitative estimate of drug-likeness (QED) is 0.769. The number of nitrogens with two attached hydrogens (primary N) is 1. The summed E-state index contributed by atoms with van der Waals surface area (Å²) < 4.78 is 0. The molecule has 0 unspecified atom stereocenters. The molecule has 0 saturated heterocycles. The minimum atomic E-state index is 0.560. The lowest BCUT2D eigenvalue weighted by Crippen LogP contribution is -2.14. The summed E-state index contributed by atoms with van der Waals surface area (Å²) in [6.07, 6.45) is 0.738. The van der Waals surface area contributed by atoms with E-state index in [1.165, 1.54) is 22.4 Å². The molecule has 0 radical (unpaired) electrons. The molecule has 0 aliphatic rings. The summed E-state index contributed by atoms with van der Waals surface area (Å²) in [5.41, 5.74) is 10.5. The zero-order valence-corrected chi connectivity index (χ0v) is 10.4. The van der Waals surface area contributed by atoms with Gasteiger partial charge in [-0.2, -0.15) is 0 Å². The minimum absolute atomic E-state index is 0.560. The summed E-state index contributed by atoms with van der Waals surface area (Å²) in [7, 11) is 0. The Labute approximate surface area is 96.9 Å². The van der Waals surface area contributed by atoms with Gasteiger partial charge in [-0.3, -0.25) is 0 Å². The van der Waals surface area contributed by atoms with Gasteiger partial charge in [-0.1, -0.05) is 29.9 Å². The van der Waals surface area contributed by atoms with Crippen LogP contribution in [0.4, 0.5) is 5.69 Å². The van der Waals surface area contributed by atoms with Gasteiger partial charge in [0, 0.05) is 18.7 Å². The van der Waals surface area contributed by atoms with Crippen LogP contribution in [0.5, 0.6) is 0 Å². The van der Waals surface area contributed by atoms with Gasteiger partial charge in [0.05, 0.1) is 4.99 Å². The first kappa shape index (κ1) is 12.0. The summed E-state index contributed by atoms with van der Waals surface area (Å²) >= 11 is 4.84. The Kier molecular flexibility index (Phi) is 4.09. The van der Waals surface area contributed by atoms with E-state index in [2.05, 4.69) is 38.2 Å². The van der Waals surface area contributed by atoms with E-state index in [0.29, 0.717) is 4.99 Å². The maximum atomic E-state index is 5.45. The van der Waals surface area contributed by atoms with E-state index >= 15 is 0 Å². The molecule has 0 fully saturated rings. The first-order chi connectivity index (χ1) is 7.00. The zero-order valence-electron chi connectivity index (χ0n) is 9.55.